The second kappa shape index (κ2) is 2.27. The Morgan fingerprint density at radius 2 is 2.15 bits per heavy atom. The van der Waals surface area contributed by atoms with Crippen LogP contribution in [-0.2, 0) is 5.41 Å². The van der Waals surface area contributed by atoms with Crippen LogP contribution in [0.25, 0.3) is 0 Å². The number of halogens is 2. The Labute approximate surface area is 84.0 Å². The molecule has 0 unspecified atom stereocenters. The van der Waals surface area contributed by atoms with Gasteiger partial charge >= 0.3 is 0 Å². The smallest absolute Gasteiger partial charge is 0.179 e. The number of hydrogen-bond acceptors (Lipinski definition) is 1. The van der Waals surface area contributed by atoms with E-state index in [1.54, 1.807) is 6.07 Å². The summed E-state index contributed by atoms with van der Waals surface area (Å²) in [6, 6.07) is 3.74. The van der Waals surface area contributed by atoms with Gasteiger partial charge in [0, 0.05) is 11.0 Å². The van der Waals surface area contributed by atoms with Gasteiger partial charge in [-0.3, -0.25) is 0 Å². The fourth-order valence-electron chi connectivity index (χ4n) is 1.94. The average molecular weight is 243 g/mol. The molecule has 1 heterocycles. The SMILES string of the molecule is Fc1c(Br)ccc2c1OCC21CC1. The lowest BCUT2D eigenvalue weighted by Crippen LogP contribution is -2.06. The van der Waals surface area contributed by atoms with Crippen molar-refractivity contribution in [1.29, 1.82) is 0 Å². The van der Waals surface area contributed by atoms with Crippen LogP contribution in [-0.4, -0.2) is 6.61 Å². The molecule has 13 heavy (non-hydrogen) atoms. The molecule has 1 aromatic rings. The molecule has 0 bridgehead atoms. The molecule has 0 radical (unpaired) electrons. The quantitative estimate of drug-likeness (QED) is 0.680. The van der Waals surface area contributed by atoms with E-state index in [0.717, 1.165) is 18.4 Å². The lowest BCUT2D eigenvalue weighted by atomic mass is 9.99. The van der Waals surface area contributed by atoms with E-state index >= 15 is 0 Å². The Balaban J connectivity index is 2.23. The molecule has 1 saturated carbocycles. The molecule has 2 aliphatic rings. The molecule has 0 atom stereocenters. The van der Waals surface area contributed by atoms with Crippen molar-refractivity contribution in [2.75, 3.05) is 6.61 Å². The predicted molar refractivity (Wildman–Crippen MR) is 50.5 cm³/mol. The molecule has 3 rings (SSSR count). The van der Waals surface area contributed by atoms with Gasteiger partial charge in [0.05, 0.1) is 11.1 Å². The first kappa shape index (κ1) is 7.80. The predicted octanol–water partition coefficient (Wildman–Crippen LogP) is 3.01. The highest BCUT2D eigenvalue weighted by molar-refractivity contribution is 9.10. The average Bonchev–Trinajstić information content (AvgIpc) is 2.77. The summed E-state index contributed by atoms with van der Waals surface area (Å²) < 4.78 is 19.4. The van der Waals surface area contributed by atoms with Crippen LogP contribution < -0.4 is 4.74 Å². The monoisotopic (exact) mass is 242 g/mol. The molecule has 1 aliphatic heterocycles. The Morgan fingerprint density at radius 3 is 2.85 bits per heavy atom. The Bertz CT molecular complexity index is 385. The summed E-state index contributed by atoms with van der Waals surface area (Å²) in [4.78, 5) is 0. The minimum absolute atomic E-state index is 0.177. The van der Waals surface area contributed by atoms with Crippen molar-refractivity contribution in [2.24, 2.45) is 0 Å². The first-order valence-electron chi connectivity index (χ1n) is 4.34. The van der Waals surface area contributed by atoms with Gasteiger partial charge in [0.25, 0.3) is 0 Å². The molecular formula is C10H8BrFO. The van der Waals surface area contributed by atoms with Gasteiger partial charge in [-0.2, -0.15) is 0 Å². The molecule has 1 spiro atoms. The molecule has 1 fully saturated rings. The Morgan fingerprint density at radius 1 is 1.38 bits per heavy atom. The fraction of sp³-hybridized carbons (Fsp3) is 0.400. The highest BCUT2D eigenvalue weighted by Gasteiger charge is 2.51. The number of benzene rings is 1. The van der Waals surface area contributed by atoms with E-state index in [1.165, 1.54) is 0 Å². The van der Waals surface area contributed by atoms with Gasteiger partial charge in [-0.25, -0.2) is 4.39 Å². The first-order valence-corrected chi connectivity index (χ1v) is 5.14. The summed E-state index contributed by atoms with van der Waals surface area (Å²) in [5.74, 6) is 0.216. The van der Waals surface area contributed by atoms with Gasteiger partial charge in [0.2, 0.25) is 0 Å². The highest BCUT2D eigenvalue weighted by atomic mass is 79.9. The third kappa shape index (κ3) is 0.909. The van der Waals surface area contributed by atoms with Gasteiger partial charge in [0.15, 0.2) is 11.6 Å². The van der Waals surface area contributed by atoms with Crippen LogP contribution in [0.3, 0.4) is 0 Å². The number of hydrogen-bond donors (Lipinski definition) is 0. The van der Waals surface area contributed by atoms with Crippen molar-refractivity contribution in [1.82, 2.24) is 0 Å². The zero-order valence-electron chi connectivity index (χ0n) is 6.94. The Hall–Kier alpha value is -0.570. The normalized spacial score (nSPS) is 21.4. The summed E-state index contributed by atoms with van der Waals surface area (Å²) >= 11 is 3.15. The van der Waals surface area contributed by atoms with Gasteiger partial charge in [-0.15, -0.1) is 0 Å². The van der Waals surface area contributed by atoms with E-state index in [1.807, 2.05) is 6.07 Å². The van der Waals surface area contributed by atoms with Crippen molar-refractivity contribution in [2.45, 2.75) is 18.3 Å². The second-order valence-electron chi connectivity index (χ2n) is 3.81. The zero-order chi connectivity index (χ0) is 9.05. The summed E-state index contributed by atoms with van der Waals surface area (Å²) in [5, 5.41) is 0. The first-order chi connectivity index (χ1) is 6.23. The molecular weight excluding hydrogens is 235 g/mol. The molecule has 0 saturated heterocycles. The maximum atomic E-state index is 13.5. The van der Waals surface area contributed by atoms with Gasteiger partial charge in [-0.05, 0) is 34.8 Å². The van der Waals surface area contributed by atoms with E-state index in [4.69, 9.17) is 4.74 Å². The summed E-state index contributed by atoms with van der Waals surface area (Å²) in [7, 11) is 0. The van der Waals surface area contributed by atoms with Crippen molar-refractivity contribution in [3.8, 4) is 5.75 Å². The minimum Gasteiger partial charge on any atom is -0.489 e. The van der Waals surface area contributed by atoms with E-state index in [-0.39, 0.29) is 11.2 Å². The van der Waals surface area contributed by atoms with Crippen LogP contribution in [0.2, 0.25) is 0 Å². The van der Waals surface area contributed by atoms with Crippen molar-refractivity contribution in [3.05, 3.63) is 28.0 Å². The fourth-order valence-corrected chi connectivity index (χ4v) is 2.26. The van der Waals surface area contributed by atoms with Crippen molar-refractivity contribution >= 4 is 15.9 Å². The van der Waals surface area contributed by atoms with E-state index in [0.29, 0.717) is 16.8 Å². The standard InChI is InChI=1S/C10H8BrFO/c11-7-2-1-6-9(8(7)12)13-5-10(6)3-4-10/h1-2H,3-5H2. The minimum atomic E-state index is -0.249. The highest BCUT2D eigenvalue weighted by Crippen LogP contribution is 2.56. The van der Waals surface area contributed by atoms with Crippen LogP contribution in [0, 0.1) is 5.82 Å². The lowest BCUT2D eigenvalue weighted by Gasteiger charge is -2.03. The summed E-state index contributed by atoms with van der Waals surface area (Å²) in [6.07, 6.45) is 2.28. The molecule has 0 amide bonds. The molecule has 1 aliphatic carbocycles. The molecule has 3 heteroatoms. The van der Waals surface area contributed by atoms with Crippen LogP contribution >= 0.6 is 15.9 Å². The number of ether oxygens (including phenoxy) is 1. The van der Waals surface area contributed by atoms with Crippen LogP contribution in [0.5, 0.6) is 5.75 Å². The summed E-state index contributed by atoms with van der Waals surface area (Å²) in [6.45, 7) is 0.662. The van der Waals surface area contributed by atoms with Gasteiger partial charge in [-0.1, -0.05) is 6.07 Å². The van der Waals surface area contributed by atoms with E-state index in [9.17, 15) is 4.39 Å². The molecule has 1 nitrogen and oxygen atoms in total. The maximum absolute atomic E-state index is 13.5. The van der Waals surface area contributed by atoms with E-state index < -0.39 is 0 Å². The van der Waals surface area contributed by atoms with Gasteiger partial charge in [0.1, 0.15) is 0 Å². The van der Waals surface area contributed by atoms with Gasteiger partial charge < -0.3 is 4.74 Å². The lowest BCUT2D eigenvalue weighted by molar-refractivity contribution is 0.310. The van der Waals surface area contributed by atoms with Crippen LogP contribution in [0.4, 0.5) is 4.39 Å². The maximum Gasteiger partial charge on any atom is 0.179 e. The van der Waals surface area contributed by atoms with Crippen LogP contribution in [0.15, 0.2) is 16.6 Å². The molecule has 0 N–H and O–H groups in total. The number of fused-ring (bicyclic) bond motifs is 2. The molecule has 0 aromatic heterocycles. The zero-order valence-corrected chi connectivity index (χ0v) is 8.53. The molecule has 1 aromatic carbocycles. The largest absolute Gasteiger partial charge is 0.489 e. The van der Waals surface area contributed by atoms with Crippen molar-refractivity contribution in [3.63, 3.8) is 0 Å². The third-order valence-corrected chi connectivity index (χ3v) is 3.58. The number of rotatable bonds is 0. The van der Waals surface area contributed by atoms with Crippen LogP contribution in [0.1, 0.15) is 18.4 Å². The van der Waals surface area contributed by atoms with E-state index in [2.05, 4.69) is 15.9 Å². The topological polar surface area (TPSA) is 9.23 Å². The van der Waals surface area contributed by atoms with Crippen molar-refractivity contribution < 1.29 is 9.13 Å². The Kier molecular flexibility index (Phi) is 1.36. The second-order valence-corrected chi connectivity index (χ2v) is 4.66. The third-order valence-electron chi connectivity index (χ3n) is 2.97. The molecule has 68 valence electrons. The summed E-state index contributed by atoms with van der Waals surface area (Å²) in [5.41, 5.74) is 1.24.